The van der Waals surface area contributed by atoms with Crippen molar-refractivity contribution in [1.29, 1.82) is 0 Å². The Morgan fingerprint density at radius 2 is 1.14 bits per heavy atom. The number of anilines is 9. The van der Waals surface area contributed by atoms with Gasteiger partial charge in [0.2, 0.25) is 0 Å². The van der Waals surface area contributed by atoms with Crippen LogP contribution in [-0.4, -0.2) is 6.71 Å². The zero-order valence-corrected chi connectivity index (χ0v) is 37.3. The van der Waals surface area contributed by atoms with Crippen LogP contribution in [0.1, 0.15) is 51.7 Å². The van der Waals surface area contributed by atoms with Crippen molar-refractivity contribution in [3.8, 4) is 0 Å². The SMILES string of the molecule is CC1(C)CCC(C)(C)c2cc(N3c4cccc5c4B(c4ccc(N(c6ccccc6)c6ccccc6)cc4N5c4cccc5c4oc4ccccc45)c4sc5ccccc5c43)ccc21. The van der Waals surface area contributed by atoms with Crippen LogP contribution >= 0.6 is 11.3 Å². The molecule has 1 aliphatic carbocycles. The van der Waals surface area contributed by atoms with Gasteiger partial charge in [0.15, 0.2) is 5.58 Å². The van der Waals surface area contributed by atoms with E-state index in [4.69, 9.17) is 4.42 Å². The molecule has 10 aromatic rings. The summed E-state index contributed by atoms with van der Waals surface area (Å²) in [4.78, 5) is 7.48. The monoisotopic (exact) mass is 843 g/mol. The van der Waals surface area contributed by atoms with Crippen molar-refractivity contribution >= 4 is 117 Å². The fraction of sp³-hybridized carbons (Fsp3) is 0.138. The molecule has 0 atom stereocenters. The van der Waals surface area contributed by atoms with Crippen molar-refractivity contribution < 1.29 is 4.42 Å². The van der Waals surface area contributed by atoms with E-state index in [1.807, 2.05) is 11.3 Å². The van der Waals surface area contributed by atoms with Crippen molar-refractivity contribution in [2.45, 2.75) is 51.4 Å². The summed E-state index contributed by atoms with van der Waals surface area (Å²) >= 11 is 1.95. The molecule has 0 unspecified atom stereocenters. The first-order valence-electron chi connectivity index (χ1n) is 22.6. The van der Waals surface area contributed by atoms with E-state index in [0.29, 0.717) is 0 Å². The summed E-state index contributed by atoms with van der Waals surface area (Å²) in [6.07, 6.45) is 2.35. The molecule has 3 aliphatic rings. The molecule has 0 bridgehead atoms. The van der Waals surface area contributed by atoms with Gasteiger partial charge >= 0.3 is 0 Å². The third kappa shape index (κ3) is 5.42. The maximum Gasteiger partial charge on any atom is 0.264 e. The molecule has 6 heteroatoms. The van der Waals surface area contributed by atoms with Gasteiger partial charge in [0, 0.05) is 65.4 Å². The Labute approximate surface area is 378 Å². The Morgan fingerprint density at radius 3 is 1.91 bits per heavy atom. The average Bonchev–Trinajstić information content (AvgIpc) is 3.90. The second-order valence-electron chi connectivity index (χ2n) is 19.1. The van der Waals surface area contributed by atoms with Gasteiger partial charge in [-0.3, -0.25) is 0 Å². The number of para-hydroxylation sites is 4. The van der Waals surface area contributed by atoms with Gasteiger partial charge in [-0.25, -0.2) is 0 Å². The van der Waals surface area contributed by atoms with Gasteiger partial charge < -0.3 is 19.1 Å². The predicted molar refractivity (Wildman–Crippen MR) is 273 cm³/mol. The van der Waals surface area contributed by atoms with Gasteiger partial charge in [-0.1, -0.05) is 131 Å². The maximum absolute atomic E-state index is 6.90. The summed E-state index contributed by atoms with van der Waals surface area (Å²) in [5.74, 6) is 0. The van der Waals surface area contributed by atoms with E-state index in [2.05, 4.69) is 224 Å². The molecule has 0 saturated heterocycles. The zero-order valence-electron chi connectivity index (χ0n) is 36.5. The van der Waals surface area contributed by atoms with E-state index in [9.17, 15) is 0 Å². The highest BCUT2D eigenvalue weighted by Crippen LogP contribution is 2.52. The van der Waals surface area contributed by atoms with E-state index < -0.39 is 0 Å². The molecule has 308 valence electrons. The summed E-state index contributed by atoms with van der Waals surface area (Å²) in [5.41, 5.74) is 17.9. The molecule has 0 spiro atoms. The van der Waals surface area contributed by atoms with Crippen LogP contribution in [0.25, 0.3) is 32.0 Å². The minimum absolute atomic E-state index is 0.0000663. The number of nitrogens with zero attached hydrogens (tertiary/aromatic N) is 3. The first-order chi connectivity index (χ1) is 31.2. The van der Waals surface area contributed by atoms with Crippen molar-refractivity contribution in [1.82, 2.24) is 0 Å². The molecule has 4 nitrogen and oxygen atoms in total. The molecule has 0 amide bonds. The molecule has 4 heterocycles. The van der Waals surface area contributed by atoms with Crippen molar-refractivity contribution in [3.05, 3.63) is 193 Å². The first-order valence-corrected chi connectivity index (χ1v) is 23.4. The highest BCUT2D eigenvalue weighted by molar-refractivity contribution is 7.33. The second kappa shape index (κ2) is 13.7. The Morgan fingerprint density at radius 1 is 0.516 bits per heavy atom. The van der Waals surface area contributed by atoms with Gasteiger partial charge in [0.25, 0.3) is 6.71 Å². The van der Waals surface area contributed by atoms with Crippen LogP contribution in [0, 0.1) is 0 Å². The van der Waals surface area contributed by atoms with Crippen LogP contribution in [-0.2, 0) is 10.8 Å². The number of thiophene rings is 1. The molecule has 8 aromatic carbocycles. The highest BCUT2D eigenvalue weighted by atomic mass is 32.1. The Balaban J connectivity index is 1.11. The smallest absolute Gasteiger partial charge is 0.264 e. The largest absolute Gasteiger partial charge is 0.454 e. The van der Waals surface area contributed by atoms with Gasteiger partial charge in [-0.15, -0.1) is 11.3 Å². The average molecular weight is 844 g/mol. The molecule has 0 radical (unpaired) electrons. The van der Waals surface area contributed by atoms with Gasteiger partial charge in [0.1, 0.15) is 5.58 Å². The lowest BCUT2D eigenvalue weighted by Gasteiger charge is -2.45. The molecule has 0 fully saturated rings. The van der Waals surface area contributed by atoms with Gasteiger partial charge in [-0.05, 0) is 125 Å². The normalized spacial score (nSPS) is 15.5. The zero-order chi connectivity index (χ0) is 42.9. The quantitative estimate of drug-likeness (QED) is 0.161. The van der Waals surface area contributed by atoms with Crippen molar-refractivity contribution in [2.24, 2.45) is 0 Å². The van der Waals surface area contributed by atoms with Crippen LogP contribution in [0.2, 0.25) is 0 Å². The second-order valence-corrected chi connectivity index (χ2v) is 20.2. The molecule has 0 N–H and O–H groups in total. The number of furan rings is 1. The van der Waals surface area contributed by atoms with E-state index >= 15 is 0 Å². The van der Waals surface area contributed by atoms with Crippen LogP contribution < -0.4 is 30.4 Å². The Hall–Kier alpha value is -7.02. The number of benzene rings is 8. The summed E-state index contributed by atoms with van der Waals surface area (Å²) in [5, 5.41) is 3.53. The molecule has 0 saturated carbocycles. The van der Waals surface area contributed by atoms with E-state index in [1.165, 1.54) is 72.5 Å². The topological polar surface area (TPSA) is 22.9 Å². The van der Waals surface area contributed by atoms with Gasteiger partial charge in [-0.2, -0.15) is 0 Å². The fourth-order valence-electron chi connectivity index (χ4n) is 11.2. The highest BCUT2D eigenvalue weighted by Gasteiger charge is 2.46. The number of hydrogen-bond acceptors (Lipinski definition) is 5. The summed E-state index contributed by atoms with van der Waals surface area (Å²) in [6.45, 7) is 9.71. The van der Waals surface area contributed by atoms with Gasteiger partial charge in [0.05, 0.1) is 11.4 Å². The molecule has 2 aromatic heterocycles. The fourth-order valence-corrected chi connectivity index (χ4v) is 12.6. The minimum Gasteiger partial charge on any atom is -0.454 e. The van der Waals surface area contributed by atoms with Crippen LogP contribution in [0.3, 0.4) is 0 Å². The molecule has 2 aliphatic heterocycles. The Kier molecular flexibility index (Phi) is 8.06. The third-order valence-electron chi connectivity index (χ3n) is 14.5. The van der Waals surface area contributed by atoms with Crippen molar-refractivity contribution in [3.63, 3.8) is 0 Å². The van der Waals surface area contributed by atoms with E-state index in [1.54, 1.807) is 0 Å². The number of hydrogen-bond donors (Lipinski definition) is 0. The summed E-state index contributed by atoms with van der Waals surface area (Å²) in [7, 11) is 0. The number of rotatable bonds is 5. The standard InChI is InChI=1S/C58H46BN3OS/c1-57(2)33-34-58(3,4)45-35-39(29-31-44(45)57)61-47-24-16-25-48-53(47)59(56-54(61)43-22-12-14-28-52(43)64-56)46-32-30-40(60(37-17-7-5-8-18-37)38-19-9-6-10-20-38)36-50(46)62(48)49-26-15-23-42-41-21-11-13-27-51(41)63-55(42)49/h5-32,35-36H,33-34H2,1-4H3. The first kappa shape index (κ1) is 37.5. The maximum atomic E-state index is 6.90. The van der Waals surface area contributed by atoms with E-state index in [0.717, 1.165) is 50.4 Å². The summed E-state index contributed by atoms with van der Waals surface area (Å²) in [6, 6.07) is 67.0. The molecular weight excluding hydrogens is 798 g/mol. The lowest BCUT2D eigenvalue weighted by atomic mass is 9.36. The van der Waals surface area contributed by atoms with E-state index in [-0.39, 0.29) is 17.5 Å². The van der Waals surface area contributed by atoms with Crippen LogP contribution in [0.5, 0.6) is 0 Å². The van der Waals surface area contributed by atoms with Crippen LogP contribution in [0.4, 0.5) is 51.2 Å². The minimum atomic E-state index is -0.0000663. The van der Waals surface area contributed by atoms with Crippen LogP contribution in [0.15, 0.2) is 186 Å². The molecule has 64 heavy (non-hydrogen) atoms. The van der Waals surface area contributed by atoms with Crippen molar-refractivity contribution in [2.75, 3.05) is 14.7 Å². The summed E-state index contributed by atoms with van der Waals surface area (Å²) < 4.78 is 9.57. The lowest BCUT2D eigenvalue weighted by molar-refractivity contribution is 0.332. The third-order valence-corrected chi connectivity index (χ3v) is 15.7. The Bertz CT molecular complexity index is 3460. The lowest BCUT2D eigenvalue weighted by Crippen LogP contribution is -2.60. The molecule has 13 rings (SSSR count). The number of fused-ring (bicyclic) bond motifs is 10. The molecular formula is C58H46BN3OS. The predicted octanol–water partition coefficient (Wildman–Crippen LogP) is 14.7.